The van der Waals surface area contributed by atoms with E-state index in [-0.39, 0.29) is 5.92 Å². The molecule has 1 atom stereocenters. The number of hydrogen-bond acceptors (Lipinski definition) is 4. The van der Waals surface area contributed by atoms with Crippen molar-refractivity contribution in [3.8, 4) is 5.75 Å². The van der Waals surface area contributed by atoms with Crippen LogP contribution in [0.5, 0.6) is 5.75 Å². The van der Waals surface area contributed by atoms with Gasteiger partial charge >= 0.3 is 5.97 Å². The van der Waals surface area contributed by atoms with Crippen LogP contribution in [0.25, 0.3) is 11.1 Å². The van der Waals surface area contributed by atoms with Gasteiger partial charge in [-0.05, 0) is 12.1 Å². The highest BCUT2D eigenvalue weighted by molar-refractivity contribution is 5.75. The molecule has 1 aromatic carbocycles. The molecule has 1 aromatic heterocycles. The molecule has 0 saturated heterocycles. The molecule has 0 aliphatic rings. The zero-order valence-electron chi connectivity index (χ0n) is 9.58. The van der Waals surface area contributed by atoms with Gasteiger partial charge in [0.25, 0.3) is 0 Å². The van der Waals surface area contributed by atoms with Crippen LogP contribution in [-0.4, -0.2) is 22.2 Å². The standard InChI is InChI=1S/C12H13NO4/c1-7(2)11(12(14)15)17-8-3-4-9-10(5-8)16-6-13-9/h3-7,11H,1-2H3,(H,14,15). The number of rotatable bonds is 4. The molecule has 0 fully saturated rings. The number of oxazole rings is 1. The molecule has 1 unspecified atom stereocenters. The van der Waals surface area contributed by atoms with Crippen molar-refractivity contribution in [2.75, 3.05) is 0 Å². The fraction of sp³-hybridized carbons (Fsp3) is 0.333. The predicted molar refractivity (Wildman–Crippen MR) is 60.9 cm³/mol. The van der Waals surface area contributed by atoms with E-state index in [1.165, 1.54) is 6.39 Å². The first-order valence-corrected chi connectivity index (χ1v) is 5.30. The Bertz CT molecular complexity index is 532. The van der Waals surface area contributed by atoms with Crippen molar-refractivity contribution in [3.05, 3.63) is 24.6 Å². The van der Waals surface area contributed by atoms with Crippen molar-refractivity contribution in [2.45, 2.75) is 20.0 Å². The van der Waals surface area contributed by atoms with Gasteiger partial charge in [0.15, 0.2) is 18.1 Å². The van der Waals surface area contributed by atoms with Gasteiger partial charge in [-0.2, -0.15) is 0 Å². The number of fused-ring (bicyclic) bond motifs is 1. The summed E-state index contributed by atoms with van der Waals surface area (Å²) in [4.78, 5) is 15.0. The molecule has 1 N–H and O–H groups in total. The molecule has 2 rings (SSSR count). The normalized spacial score (nSPS) is 12.9. The zero-order chi connectivity index (χ0) is 12.4. The molecular weight excluding hydrogens is 222 g/mol. The van der Waals surface area contributed by atoms with Gasteiger partial charge in [-0.1, -0.05) is 13.8 Å². The van der Waals surface area contributed by atoms with E-state index in [0.29, 0.717) is 16.8 Å². The van der Waals surface area contributed by atoms with Crippen molar-refractivity contribution in [1.82, 2.24) is 4.98 Å². The Morgan fingerprint density at radius 1 is 1.47 bits per heavy atom. The van der Waals surface area contributed by atoms with Crippen LogP contribution in [0.4, 0.5) is 0 Å². The predicted octanol–water partition coefficient (Wildman–Crippen LogP) is 2.32. The minimum absolute atomic E-state index is 0.113. The molecule has 90 valence electrons. The number of benzene rings is 1. The highest BCUT2D eigenvalue weighted by atomic mass is 16.5. The zero-order valence-corrected chi connectivity index (χ0v) is 9.58. The molecule has 0 aliphatic heterocycles. The topological polar surface area (TPSA) is 72.6 Å². The van der Waals surface area contributed by atoms with Crippen LogP contribution in [-0.2, 0) is 4.79 Å². The lowest BCUT2D eigenvalue weighted by molar-refractivity contribution is -0.147. The average molecular weight is 235 g/mol. The van der Waals surface area contributed by atoms with E-state index in [2.05, 4.69) is 4.98 Å². The summed E-state index contributed by atoms with van der Waals surface area (Å²) in [5.41, 5.74) is 1.30. The lowest BCUT2D eigenvalue weighted by Gasteiger charge is -2.18. The van der Waals surface area contributed by atoms with Gasteiger partial charge < -0.3 is 14.3 Å². The highest BCUT2D eigenvalue weighted by Gasteiger charge is 2.23. The molecule has 17 heavy (non-hydrogen) atoms. The smallest absolute Gasteiger partial charge is 0.345 e. The Morgan fingerprint density at radius 3 is 2.88 bits per heavy atom. The van der Waals surface area contributed by atoms with Crippen LogP contribution in [0.2, 0.25) is 0 Å². The Balaban J connectivity index is 2.24. The van der Waals surface area contributed by atoms with Crippen LogP contribution in [0, 0.1) is 5.92 Å². The number of ether oxygens (including phenoxy) is 1. The molecule has 2 aromatic rings. The minimum atomic E-state index is -0.974. The van der Waals surface area contributed by atoms with Crippen LogP contribution in [0.15, 0.2) is 29.0 Å². The molecule has 0 saturated carbocycles. The van der Waals surface area contributed by atoms with Gasteiger partial charge in [-0.25, -0.2) is 9.78 Å². The van der Waals surface area contributed by atoms with Crippen molar-refractivity contribution in [3.63, 3.8) is 0 Å². The SMILES string of the molecule is CC(C)C(Oc1ccc2ncoc2c1)C(=O)O. The summed E-state index contributed by atoms with van der Waals surface area (Å²) in [5.74, 6) is -0.620. The summed E-state index contributed by atoms with van der Waals surface area (Å²) in [6.45, 7) is 3.59. The van der Waals surface area contributed by atoms with Crippen molar-refractivity contribution >= 4 is 17.1 Å². The summed E-state index contributed by atoms with van der Waals surface area (Å²) in [5, 5.41) is 9.02. The van der Waals surface area contributed by atoms with E-state index in [9.17, 15) is 4.79 Å². The molecule has 0 radical (unpaired) electrons. The van der Waals surface area contributed by atoms with E-state index in [1.54, 1.807) is 32.0 Å². The molecule has 0 bridgehead atoms. The lowest BCUT2D eigenvalue weighted by Crippen LogP contribution is -2.32. The van der Waals surface area contributed by atoms with Gasteiger partial charge in [0, 0.05) is 12.0 Å². The number of carbonyl (C=O) groups is 1. The number of aliphatic carboxylic acids is 1. The van der Waals surface area contributed by atoms with Gasteiger partial charge in [0.1, 0.15) is 11.3 Å². The van der Waals surface area contributed by atoms with Crippen molar-refractivity contribution in [2.24, 2.45) is 5.92 Å². The van der Waals surface area contributed by atoms with Crippen LogP contribution in [0.3, 0.4) is 0 Å². The lowest BCUT2D eigenvalue weighted by atomic mass is 10.1. The molecule has 0 amide bonds. The van der Waals surface area contributed by atoms with Gasteiger partial charge in [0.2, 0.25) is 0 Å². The molecule has 0 spiro atoms. The van der Waals surface area contributed by atoms with Gasteiger partial charge in [-0.3, -0.25) is 0 Å². The number of carboxylic acid groups (broad SMARTS) is 1. The maximum absolute atomic E-state index is 11.0. The second kappa shape index (κ2) is 4.45. The number of hydrogen-bond donors (Lipinski definition) is 1. The Kier molecular flexibility index (Phi) is 2.99. The molecule has 5 heteroatoms. The maximum Gasteiger partial charge on any atom is 0.345 e. The maximum atomic E-state index is 11.0. The third-order valence-corrected chi connectivity index (χ3v) is 2.41. The molecule has 1 heterocycles. The Hall–Kier alpha value is -2.04. The van der Waals surface area contributed by atoms with Crippen molar-refractivity contribution in [1.29, 1.82) is 0 Å². The largest absolute Gasteiger partial charge is 0.478 e. The highest BCUT2D eigenvalue weighted by Crippen LogP contribution is 2.22. The number of aromatic nitrogens is 1. The van der Waals surface area contributed by atoms with Crippen LogP contribution >= 0.6 is 0 Å². The second-order valence-electron chi connectivity index (χ2n) is 4.10. The van der Waals surface area contributed by atoms with Gasteiger partial charge in [-0.15, -0.1) is 0 Å². The van der Waals surface area contributed by atoms with E-state index in [4.69, 9.17) is 14.3 Å². The summed E-state index contributed by atoms with van der Waals surface area (Å²) in [7, 11) is 0. The summed E-state index contributed by atoms with van der Waals surface area (Å²) in [6, 6.07) is 5.05. The van der Waals surface area contributed by atoms with Crippen LogP contribution < -0.4 is 4.74 Å². The van der Waals surface area contributed by atoms with E-state index >= 15 is 0 Å². The van der Waals surface area contributed by atoms with E-state index in [1.807, 2.05) is 0 Å². The quantitative estimate of drug-likeness (QED) is 0.880. The summed E-state index contributed by atoms with van der Waals surface area (Å²) in [6.07, 6.45) is 0.473. The first-order chi connectivity index (χ1) is 8.08. The summed E-state index contributed by atoms with van der Waals surface area (Å²) < 4.78 is 10.6. The second-order valence-corrected chi connectivity index (χ2v) is 4.10. The fourth-order valence-corrected chi connectivity index (χ4v) is 1.53. The molecule has 0 aliphatic carbocycles. The third kappa shape index (κ3) is 2.38. The molecular formula is C12H13NO4. The van der Waals surface area contributed by atoms with Crippen molar-refractivity contribution < 1.29 is 19.1 Å². The fourth-order valence-electron chi connectivity index (χ4n) is 1.53. The Morgan fingerprint density at radius 2 is 2.24 bits per heavy atom. The first kappa shape index (κ1) is 11.4. The van der Waals surface area contributed by atoms with E-state index in [0.717, 1.165) is 0 Å². The van der Waals surface area contributed by atoms with E-state index < -0.39 is 12.1 Å². The Labute approximate surface area is 98.0 Å². The third-order valence-electron chi connectivity index (χ3n) is 2.41. The number of nitrogens with zero attached hydrogens (tertiary/aromatic N) is 1. The van der Waals surface area contributed by atoms with Gasteiger partial charge in [0.05, 0.1) is 0 Å². The first-order valence-electron chi connectivity index (χ1n) is 5.30. The number of carboxylic acids is 1. The molecule has 5 nitrogen and oxygen atoms in total. The van der Waals surface area contributed by atoms with Crippen LogP contribution in [0.1, 0.15) is 13.8 Å². The minimum Gasteiger partial charge on any atom is -0.478 e. The summed E-state index contributed by atoms with van der Waals surface area (Å²) >= 11 is 0. The monoisotopic (exact) mass is 235 g/mol. The average Bonchev–Trinajstić information content (AvgIpc) is 2.71.